The summed E-state index contributed by atoms with van der Waals surface area (Å²) in [6.07, 6.45) is 2.00. The van der Waals surface area contributed by atoms with Gasteiger partial charge in [0.05, 0.1) is 5.60 Å². The van der Waals surface area contributed by atoms with Crippen LogP contribution in [0.3, 0.4) is 0 Å². The highest BCUT2D eigenvalue weighted by Crippen LogP contribution is 2.17. The molecule has 0 radical (unpaired) electrons. The molecule has 0 heterocycles. The van der Waals surface area contributed by atoms with E-state index in [9.17, 15) is 0 Å². The molecule has 15 heavy (non-hydrogen) atoms. The van der Waals surface area contributed by atoms with E-state index in [1.54, 1.807) is 0 Å². The monoisotopic (exact) mass is 207 g/mol. The molecule has 2 heteroatoms. The van der Waals surface area contributed by atoms with Gasteiger partial charge in [-0.1, -0.05) is 30.3 Å². The Morgan fingerprint density at radius 2 is 1.93 bits per heavy atom. The first-order valence-corrected chi connectivity index (χ1v) is 5.58. The van der Waals surface area contributed by atoms with E-state index in [-0.39, 0.29) is 5.60 Å². The van der Waals surface area contributed by atoms with Crippen LogP contribution >= 0.6 is 0 Å². The molecule has 1 aromatic rings. The Kier molecular flexibility index (Phi) is 4.79. The van der Waals surface area contributed by atoms with Crippen LogP contribution in [0.5, 0.6) is 0 Å². The summed E-state index contributed by atoms with van der Waals surface area (Å²) in [5.74, 6) is 0. The van der Waals surface area contributed by atoms with Crippen molar-refractivity contribution in [2.45, 2.75) is 32.3 Å². The number of benzene rings is 1. The van der Waals surface area contributed by atoms with Gasteiger partial charge >= 0.3 is 0 Å². The Morgan fingerprint density at radius 1 is 1.27 bits per heavy atom. The van der Waals surface area contributed by atoms with Gasteiger partial charge in [0.25, 0.3) is 0 Å². The molecule has 1 unspecified atom stereocenters. The van der Waals surface area contributed by atoms with E-state index in [0.29, 0.717) is 6.54 Å². The fraction of sp³-hybridized carbons (Fsp3) is 0.538. The van der Waals surface area contributed by atoms with Gasteiger partial charge in [-0.3, -0.25) is 0 Å². The lowest BCUT2D eigenvalue weighted by atomic mass is 9.96. The van der Waals surface area contributed by atoms with Gasteiger partial charge in [0.1, 0.15) is 0 Å². The summed E-state index contributed by atoms with van der Waals surface area (Å²) in [5.41, 5.74) is 6.90. The summed E-state index contributed by atoms with van der Waals surface area (Å²) in [6.45, 7) is 5.39. The maximum Gasteiger partial charge on any atom is 0.0779 e. The maximum atomic E-state index is 5.73. The first kappa shape index (κ1) is 12.2. The lowest BCUT2D eigenvalue weighted by Crippen LogP contribution is -2.38. The lowest BCUT2D eigenvalue weighted by molar-refractivity contribution is -0.0234. The molecule has 0 aliphatic carbocycles. The molecule has 0 amide bonds. The first-order valence-electron chi connectivity index (χ1n) is 5.58. The van der Waals surface area contributed by atoms with E-state index in [2.05, 4.69) is 31.2 Å². The molecule has 1 rings (SSSR count). The topological polar surface area (TPSA) is 35.2 Å². The van der Waals surface area contributed by atoms with Crippen LogP contribution in [-0.2, 0) is 11.2 Å². The number of nitrogens with two attached hydrogens (primary N) is 1. The summed E-state index contributed by atoms with van der Waals surface area (Å²) in [4.78, 5) is 0. The highest BCUT2D eigenvalue weighted by molar-refractivity contribution is 5.15. The van der Waals surface area contributed by atoms with E-state index in [0.717, 1.165) is 19.4 Å². The van der Waals surface area contributed by atoms with Crippen LogP contribution in [0, 0.1) is 0 Å². The Hall–Kier alpha value is -0.860. The molecular weight excluding hydrogens is 186 g/mol. The van der Waals surface area contributed by atoms with Gasteiger partial charge in [-0.25, -0.2) is 0 Å². The van der Waals surface area contributed by atoms with E-state index in [1.165, 1.54) is 5.56 Å². The summed E-state index contributed by atoms with van der Waals surface area (Å²) < 4.78 is 5.68. The number of rotatable bonds is 6. The zero-order valence-electron chi connectivity index (χ0n) is 9.70. The zero-order valence-corrected chi connectivity index (χ0v) is 9.70. The van der Waals surface area contributed by atoms with Crippen LogP contribution in [0.25, 0.3) is 0 Å². The average molecular weight is 207 g/mol. The van der Waals surface area contributed by atoms with Crippen molar-refractivity contribution in [3.63, 3.8) is 0 Å². The van der Waals surface area contributed by atoms with Crippen molar-refractivity contribution < 1.29 is 4.74 Å². The molecule has 0 aliphatic heterocycles. The molecule has 0 spiro atoms. The second-order valence-electron chi connectivity index (χ2n) is 4.07. The number of hydrogen-bond donors (Lipinski definition) is 1. The summed E-state index contributed by atoms with van der Waals surface area (Å²) >= 11 is 0. The molecule has 0 saturated heterocycles. The lowest BCUT2D eigenvalue weighted by Gasteiger charge is -2.27. The van der Waals surface area contributed by atoms with Gasteiger partial charge in [0.15, 0.2) is 0 Å². The van der Waals surface area contributed by atoms with Gasteiger partial charge in [0, 0.05) is 13.2 Å². The van der Waals surface area contributed by atoms with Crippen molar-refractivity contribution >= 4 is 0 Å². The number of ether oxygens (including phenoxy) is 1. The predicted molar refractivity (Wildman–Crippen MR) is 63.8 cm³/mol. The Balaban J connectivity index is 2.47. The molecule has 2 N–H and O–H groups in total. The van der Waals surface area contributed by atoms with Crippen molar-refractivity contribution in [1.29, 1.82) is 0 Å². The third kappa shape index (κ3) is 4.02. The average Bonchev–Trinajstić information content (AvgIpc) is 2.28. The molecule has 0 aliphatic rings. The quantitative estimate of drug-likeness (QED) is 0.777. The van der Waals surface area contributed by atoms with Gasteiger partial charge in [-0.15, -0.1) is 0 Å². The SMILES string of the molecule is CCOC(C)(CN)CCc1ccccc1. The van der Waals surface area contributed by atoms with E-state index >= 15 is 0 Å². The number of aryl methyl sites for hydroxylation is 1. The molecular formula is C13H21NO. The van der Waals surface area contributed by atoms with Crippen LogP contribution in [0.2, 0.25) is 0 Å². The molecule has 0 saturated carbocycles. The van der Waals surface area contributed by atoms with E-state index in [4.69, 9.17) is 10.5 Å². The van der Waals surface area contributed by atoms with Crippen LogP contribution in [0.15, 0.2) is 30.3 Å². The van der Waals surface area contributed by atoms with Gasteiger partial charge in [-0.2, -0.15) is 0 Å². The number of hydrogen-bond acceptors (Lipinski definition) is 2. The van der Waals surface area contributed by atoms with Crippen molar-refractivity contribution in [2.75, 3.05) is 13.2 Å². The third-order valence-corrected chi connectivity index (χ3v) is 2.71. The largest absolute Gasteiger partial charge is 0.374 e. The second kappa shape index (κ2) is 5.89. The minimum Gasteiger partial charge on any atom is -0.374 e. The van der Waals surface area contributed by atoms with Crippen molar-refractivity contribution in [3.8, 4) is 0 Å². The molecule has 0 aromatic heterocycles. The van der Waals surface area contributed by atoms with Gasteiger partial charge in [0.2, 0.25) is 0 Å². The third-order valence-electron chi connectivity index (χ3n) is 2.71. The van der Waals surface area contributed by atoms with Crippen molar-refractivity contribution in [1.82, 2.24) is 0 Å². The Labute approximate surface area is 92.4 Å². The standard InChI is InChI=1S/C13H21NO/c1-3-15-13(2,11-14)10-9-12-7-5-4-6-8-12/h4-8H,3,9-11,14H2,1-2H3. The Bertz CT molecular complexity index is 273. The zero-order chi connectivity index (χ0) is 11.1. The first-order chi connectivity index (χ1) is 7.20. The molecule has 0 fully saturated rings. The summed E-state index contributed by atoms with van der Waals surface area (Å²) in [6, 6.07) is 10.4. The minimum absolute atomic E-state index is 0.176. The molecule has 0 bridgehead atoms. The highest BCUT2D eigenvalue weighted by atomic mass is 16.5. The summed E-state index contributed by atoms with van der Waals surface area (Å²) in [5, 5.41) is 0. The maximum absolute atomic E-state index is 5.73. The predicted octanol–water partition coefficient (Wildman–Crippen LogP) is 2.37. The Morgan fingerprint density at radius 3 is 2.47 bits per heavy atom. The van der Waals surface area contributed by atoms with E-state index in [1.807, 2.05) is 13.0 Å². The molecule has 2 nitrogen and oxygen atoms in total. The van der Waals surface area contributed by atoms with Crippen molar-refractivity contribution in [3.05, 3.63) is 35.9 Å². The van der Waals surface area contributed by atoms with Crippen LogP contribution < -0.4 is 5.73 Å². The van der Waals surface area contributed by atoms with Crippen LogP contribution in [0.1, 0.15) is 25.8 Å². The van der Waals surface area contributed by atoms with E-state index < -0.39 is 0 Å². The molecule has 84 valence electrons. The fourth-order valence-electron chi connectivity index (χ4n) is 1.64. The van der Waals surface area contributed by atoms with Gasteiger partial charge < -0.3 is 10.5 Å². The second-order valence-corrected chi connectivity index (χ2v) is 4.07. The molecule has 1 atom stereocenters. The van der Waals surface area contributed by atoms with Gasteiger partial charge in [-0.05, 0) is 32.3 Å². The highest BCUT2D eigenvalue weighted by Gasteiger charge is 2.21. The van der Waals surface area contributed by atoms with Crippen LogP contribution in [0.4, 0.5) is 0 Å². The summed E-state index contributed by atoms with van der Waals surface area (Å²) in [7, 11) is 0. The molecule has 1 aromatic carbocycles. The van der Waals surface area contributed by atoms with Crippen molar-refractivity contribution in [2.24, 2.45) is 5.73 Å². The van der Waals surface area contributed by atoms with Crippen LogP contribution in [-0.4, -0.2) is 18.8 Å². The smallest absolute Gasteiger partial charge is 0.0779 e. The fourth-order valence-corrected chi connectivity index (χ4v) is 1.64. The minimum atomic E-state index is -0.176. The normalized spacial score (nSPS) is 14.9.